The number of rotatable bonds is 8. The zero-order chi connectivity index (χ0) is 22.2. The summed E-state index contributed by atoms with van der Waals surface area (Å²) in [5, 5.41) is 17.2. The first kappa shape index (κ1) is 22.1. The maximum absolute atomic E-state index is 12.0. The highest BCUT2D eigenvalue weighted by Crippen LogP contribution is 2.29. The summed E-state index contributed by atoms with van der Waals surface area (Å²) in [6, 6.07) is 16.8. The summed E-state index contributed by atoms with van der Waals surface area (Å²) in [5.41, 5.74) is 0.847. The summed E-state index contributed by atoms with van der Waals surface area (Å²) in [4.78, 5) is 23.9. The van der Waals surface area contributed by atoms with Crippen LogP contribution in [0.1, 0.15) is 25.7 Å². The minimum Gasteiger partial charge on any atom is -0.457 e. The number of carbonyl (C=O) groups excluding carboxylic acids is 2. The number of nitrogens with one attached hydrogen (secondary N) is 3. The molecule has 1 aliphatic carbocycles. The lowest BCUT2D eigenvalue weighted by molar-refractivity contribution is -0.117. The van der Waals surface area contributed by atoms with E-state index >= 15 is 0 Å². The summed E-state index contributed by atoms with van der Waals surface area (Å²) >= 11 is 2.58. The lowest BCUT2D eigenvalue weighted by Gasteiger charge is -2.11. The first-order chi connectivity index (χ1) is 15.6. The van der Waals surface area contributed by atoms with Crippen molar-refractivity contribution in [3.8, 4) is 11.5 Å². The Labute approximate surface area is 194 Å². The van der Waals surface area contributed by atoms with Gasteiger partial charge < -0.3 is 15.4 Å². The van der Waals surface area contributed by atoms with Crippen LogP contribution < -0.4 is 20.7 Å². The molecule has 1 fully saturated rings. The van der Waals surface area contributed by atoms with Gasteiger partial charge in [-0.2, -0.15) is 0 Å². The van der Waals surface area contributed by atoms with Gasteiger partial charge in [-0.25, -0.2) is 4.79 Å². The summed E-state index contributed by atoms with van der Waals surface area (Å²) < 4.78 is 6.43. The fourth-order valence-corrected chi connectivity index (χ4v) is 4.83. The highest BCUT2D eigenvalue weighted by Gasteiger charge is 2.18. The Morgan fingerprint density at radius 3 is 2.47 bits per heavy atom. The second-order valence-electron chi connectivity index (χ2n) is 7.23. The van der Waals surface area contributed by atoms with E-state index in [0.29, 0.717) is 9.47 Å². The highest BCUT2D eigenvalue weighted by atomic mass is 32.2. The molecule has 8 nitrogen and oxygen atoms in total. The number of carbonyl (C=O) groups is 2. The number of para-hydroxylation sites is 1. The number of benzene rings is 2. The third-order valence-corrected chi connectivity index (χ3v) is 6.73. The van der Waals surface area contributed by atoms with E-state index in [0.717, 1.165) is 42.9 Å². The summed E-state index contributed by atoms with van der Waals surface area (Å²) in [5.74, 6) is 1.25. The monoisotopic (exact) mass is 469 g/mol. The van der Waals surface area contributed by atoms with Gasteiger partial charge in [0.05, 0.1) is 5.75 Å². The van der Waals surface area contributed by atoms with Crippen LogP contribution in [0.5, 0.6) is 11.5 Å². The normalized spacial score (nSPS) is 13.5. The quantitative estimate of drug-likeness (QED) is 0.402. The second-order valence-corrected chi connectivity index (χ2v) is 9.43. The molecule has 1 saturated carbocycles. The SMILES string of the molecule is O=C(CSc1nnc(Nc2ccc(Oc3ccccc3)cc2)s1)NC(=O)NC1CCCC1. The fourth-order valence-electron chi connectivity index (χ4n) is 3.25. The van der Waals surface area contributed by atoms with Crippen molar-refractivity contribution in [2.24, 2.45) is 0 Å². The Morgan fingerprint density at radius 2 is 1.72 bits per heavy atom. The molecule has 1 aromatic heterocycles. The standard InChI is InChI=1S/C22H23N5O3S2/c28-19(25-20(29)23-15-6-4-5-7-15)14-31-22-27-26-21(32-22)24-16-10-12-18(13-11-16)30-17-8-2-1-3-9-17/h1-3,8-13,15H,4-7,14H2,(H,24,26)(H2,23,25,28,29). The Morgan fingerprint density at radius 1 is 1.00 bits per heavy atom. The molecule has 0 radical (unpaired) electrons. The molecular weight excluding hydrogens is 446 g/mol. The van der Waals surface area contributed by atoms with Crippen molar-refractivity contribution in [2.45, 2.75) is 36.1 Å². The van der Waals surface area contributed by atoms with Crippen LogP contribution in [-0.2, 0) is 4.79 Å². The van der Waals surface area contributed by atoms with Gasteiger partial charge in [-0.15, -0.1) is 10.2 Å². The molecule has 10 heteroatoms. The Hall–Kier alpha value is -3.11. The first-order valence-electron chi connectivity index (χ1n) is 10.3. The summed E-state index contributed by atoms with van der Waals surface area (Å²) in [7, 11) is 0. The van der Waals surface area contributed by atoms with Crippen molar-refractivity contribution in [1.82, 2.24) is 20.8 Å². The minimum absolute atomic E-state index is 0.0955. The van der Waals surface area contributed by atoms with E-state index in [9.17, 15) is 9.59 Å². The van der Waals surface area contributed by atoms with Crippen molar-refractivity contribution >= 4 is 45.9 Å². The Bertz CT molecular complexity index is 1040. The third-order valence-electron chi connectivity index (χ3n) is 4.76. The van der Waals surface area contributed by atoms with Crippen molar-refractivity contribution in [2.75, 3.05) is 11.1 Å². The lowest BCUT2D eigenvalue weighted by atomic mass is 10.2. The van der Waals surface area contributed by atoms with E-state index in [-0.39, 0.29) is 17.7 Å². The van der Waals surface area contributed by atoms with E-state index in [1.165, 1.54) is 23.1 Å². The predicted molar refractivity (Wildman–Crippen MR) is 126 cm³/mol. The van der Waals surface area contributed by atoms with Crippen molar-refractivity contribution in [1.29, 1.82) is 0 Å². The molecule has 0 unspecified atom stereocenters. The molecule has 0 atom stereocenters. The van der Waals surface area contributed by atoms with E-state index in [2.05, 4.69) is 26.1 Å². The van der Waals surface area contributed by atoms with Crippen molar-refractivity contribution in [3.63, 3.8) is 0 Å². The topological polar surface area (TPSA) is 105 Å². The van der Waals surface area contributed by atoms with Crippen LogP contribution in [-0.4, -0.2) is 33.9 Å². The van der Waals surface area contributed by atoms with E-state index < -0.39 is 6.03 Å². The number of aromatic nitrogens is 2. The molecule has 1 aliphatic rings. The number of imide groups is 1. The molecule has 166 valence electrons. The smallest absolute Gasteiger partial charge is 0.321 e. The molecule has 1 heterocycles. The minimum atomic E-state index is -0.429. The van der Waals surface area contributed by atoms with Gasteiger partial charge in [0.15, 0.2) is 4.34 Å². The van der Waals surface area contributed by atoms with Crippen LogP contribution in [0.4, 0.5) is 15.6 Å². The molecule has 0 spiro atoms. The molecule has 32 heavy (non-hydrogen) atoms. The molecular formula is C22H23N5O3S2. The maximum atomic E-state index is 12.0. The second kappa shape index (κ2) is 11.0. The molecule has 0 aliphatic heterocycles. The van der Waals surface area contributed by atoms with Crippen LogP contribution in [0, 0.1) is 0 Å². The molecule has 0 saturated heterocycles. The molecule has 2 aromatic carbocycles. The Balaban J connectivity index is 1.21. The lowest BCUT2D eigenvalue weighted by Crippen LogP contribution is -2.44. The van der Waals surface area contributed by atoms with Gasteiger partial charge in [0.25, 0.3) is 0 Å². The highest BCUT2D eigenvalue weighted by molar-refractivity contribution is 8.01. The zero-order valence-corrected chi connectivity index (χ0v) is 18.9. The van der Waals surface area contributed by atoms with E-state index in [4.69, 9.17) is 4.74 Å². The third kappa shape index (κ3) is 6.69. The number of amides is 3. The van der Waals surface area contributed by atoms with Gasteiger partial charge >= 0.3 is 6.03 Å². The Kier molecular flexibility index (Phi) is 7.57. The number of hydrogen-bond acceptors (Lipinski definition) is 8. The van der Waals surface area contributed by atoms with E-state index in [1.54, 1.807) is 0 Å². The molecule has 3 N–H and O–H groups in total. The summed E-state index contributed by atoms with van der Waals surface area (Å²) in [6.07, 6.45) is 4.18. The van der Waals surface area contributed by atoms with Crippen LogP contribution in [0.2, 0.25) is 0 Å². The van der Waals surface area contributed by atoms with Crippen molar-refractivity contribution in [3.05, 3.63) is 54.6 Å². The van der Waals surface area contributed by atoms with Gasteiger partial charge in [-0.1, -0.05) is 54.1 Å². The van der Waals surface area contributed by atoms with Gasteiger partial charge in [0, 0.05) is 11.7 Å². The van der Waals surface area contributed by atoms with Gasteiger partial charge in [0.2, 0.25) is 11.0 Å². The fraction of sp³-hybridized carbons (Fsp3) is 0.273. The average molecular weight is 470 g/mol. The van der Waals surface area contributed by atoms with Gasteiger partial charge in [0.1, 0.15) is 11.5 Å². The van der Waals surface area contributed by atoms with E-state index in [1.807, 2.05) is 54.6 Å². The van der Waals surface area contributed by atoms with Crippen LogP contribution in [0.3, 0.4) is 0 Å². The van der Waals surface area contributed by atoms with Crippen LogP contribution >= 0.6 is 23.1 Å². The number of hydrogen-bond donors (Lipinski definition) is 3. The number of thioether (sulfide) groups is 1. The molecule has 4 rings (SSSR count). The molecule has 3 amide bonds. The predicted octanol–water partition coefficient (Wildman–Crippen LogP) is 4.93. The van der Waals surface area contributed by atoms with Crippen LogP contribution in [0.25, 0.3) is 0 Å². The number of anilines is 2. The zero-order valence-electron chi connectivity index (χ0n) is 17.2. The summed E-state index contributed by atoms with van der Waals surface area (Å²) in [6.45, 7) is 0. The largest absolute Gasteiger partial charge is 0.457 e. The maximum Gasteiger partial charge on any atom is 0.321 e. The van der Waals surface area contributed by atoms with Gasteiger partial charge in [-0.3, -0.25) is 10.1 Å². The van der Waals surface area contributed by atoms with Gasteiger partial charge in [-0.05, 0) is 49.2 Å². The van der Waals surface area contributed by atoms with Crippen molar-refractivity contribution < 1.29 is 14.3 Å². The first-order valence-corrected chi connectivity index (χ1v) is 12.1. The average Bonchev–Trinajstić information content (AvgIpc) is 3.46. The van der Waals surface area contributed by atoms with Crippen LogP contribution in [0.15, 0.2) is 58.9 Å². The number of nitrogens with zero attached hydrogens (tertiary/aromatic N) is 2. The molecule has 0 bridgehead atoms. The number of ether oxygens (including phenoxy) is 1. The molecule has 3 aromatic rings. The number of urea groups is 1.